The highest BCUT2D eigenvalue weighted by Crippen LogP contribution is 2.50. The second kappa shape index (κ2) is 12.6. The van der Waals surface area contributed by atoms with Gasteiger partial charge < -0.3 is 21.3 Å². The molecule has 0 heterocycles. The van der Waals surface area contributed by atoms with Crippen LogP contribution in [0.15, 0.2) is 158 Å². The lowest BCUT2D eigenvalue weighted by molar-refractivity contribution is 1.07. The normalized spacial score (nSPS) is 10.8. The molecule has 0 bridgehead atoms. The smallest absolute Gasteiger partial charge is 0.0781 e. The predicted molar refractivity (Wildman–Crippen MR) is 177 cm³/mol. The predicted octanol–water partition coefficient (Wildman–Crippen LogP) is 9.21. The van der Waals surface area contributed by atoms with Crippen molar-refractivity contribution in [1.29, 1.82) is 0 Å². The van der Waals surface area contributed by atoms with Crippen LogP contribution in [-0.4, -0.2) is 0 Å². The summed E-state index contributed by atoms with van der Waals surface area (Å²) < 4.78 is 0. The third-order valence-electron chi connectivity index (χ3n) is 7.40. The van der Waals surface area contributed by atoms with E-state index in [4.69, 9.17) is 11.5 Å². The first kappa shape index (κ1) is 27.0. The molecule has 4 N–H and O–H groups in total. The molecule has 0 aliphatic rings. The Hall–Kier alpha value is -5.16. The number of rotatable bonds is 9. The van der Waals surface area contributed by atoms with Crippen molar-refractivity contribution in [3.63, 3.8) is 0 Å². The van der Waals surface area contributed by atoms with E-state index in [1.807, 2.05) is 6.07 Å². The lowest BCUT2D eigenvalue weighted by atomic mass is 9.98. The minimum absolute atomic E-state index is 0.464. The Kier molecular flexibility index (Phi) is 8.09. The SMILES string of the molecule is NCc1cccc(N(c2ccccc2)c2cccc(-c3ccccc3)c2N(c2ccccc2)c2cccc(CN)c2)c1. The fraction of sp³-hybridized carbons (Fsp3) is 0.0526. The van der Waals surface area contributed by atoms with Gasteiger partial charge in [0.2, 0.25) is 0 Å². The summed E-state index contributed by atoms with van der Waals surface area (Å²) in [5.74, 6) is 0. The molecule has 0 amide bonds. The lowest BCUT2D eigenvalue weighted by Gasteiger charge is -2.35. The van der Waals surface area contributed by atoms with Gasteiger partial charge in [-0.05, 0) is 71.3 Å². The maximum atomic E-state index is 6.14. The zero-order valence-electron chi connectivity index (χ0n) is 23.5. The first-order chi connectivity index (χ1) is 20.8. The largest absolute Gasteiger partial charge is 0.326 e. The van der Waals surface area contributed by atoms with Crippen LogP contribution < -0.4 is 21.3 Å². The molecule has 206 valence electrons. The molecule has 0 radical (unpaired) electrons. The Balaban J connectivity index is 1.71. The molecular weight excluding hydrogens is 512 g/mol. The molecule has 0 saturated carbocycles. The van der Waals surface area contributed by atoms with Crippen LogP contribution in [0.5, 0.6) is 0 Å². The van der Waals surface area contributed by atoms with Gasteiger partial charge in [-0.2, -0.15) is 0 Å². The maximum absolute atomic E-state index is 6.14. The zero-order valence-corrected chi connectivity index (χ0v) is 23.5. The van der Waals surface area contributed by atoms with Gasteiger partial charge in [0, 0.05) is 41.4 Å². The molecule has 0 aromatic heterocycles. The van der Waals surface area contributed by atoms with E-state index in [-0.39, 0.29) is 0 Å². The Morgan fingerprint density at radius 1 is 0.405 bits per heavy atom. The van der Waals surface area contributed by atoms with E-state index in [2.05, 4.69) is 161 Å². The van der Waals surface area contributed by atoms with E-state index in [0.29, 0.717) is 13.1 Å². The molecule has 4 nitrogen and oxygen atoms in total. The van der Waals surface area contributed by atoms with Crippen molar-refractivity contribution in [2.75, 3.05) is 9.80 Å². The Labute approximate surface area is 248 Å². The minimum atomic E-state index is 0.464. The van der Waals surface area contributed by atoms with E-state index in [0.717, 1.165) is 56.4 Å². The number of hydrogen-bond acceptors (Lipinski definition) is 4. The molecule has 0 aliphatic heterocycles. The highest BCUT2D eigenvalue weighted by molar-refractivity contribution is 5.99. The maximum Gasteiger partial charge on any atom is 0.0781 e. The molecule has 0 saturated heterocycles. The Morgan fingerprint density at radius 2 is 0.857 bits per heavy atom. The standard InChI is InChI=1S/C38H34N4/c39-27-29-13-10-21-34(25-29)41(32-17-6-2-7-18-32)37-24-12-23-36(31-15-4-1-5-16-31)38(37)42(33-19-8-3-9-20-33)35-22-11-14-30(26-35)28-40/h1-26H,27-28,39-40H2. The van der Waals surface area contributed by atoms with Gasteiger partial charge in [-0.3, -0.25) is 0 Å². The summed E-state index contributed by atoms with van der Waals surface area (Å²) in [4.78, 5) is 4.67. The molecule has 6 aromatic carbocycles. The number of hydrogen-bond donors (Lipinski definition) is 2. The quantitative estimate of drug-likeness (QED) is 0.190. The van der Waals surface area contributed by atoms with Crippen molar-refractivity contribution < 1.29 is 0 Å². The summed E-state index contributed by atoms with van der Waals surface area (Å²) in [6.45, 7) is 0.932. The molecule has 0 spiro atoms. The summed E-state index contributed by atoms with van der Waals surface area (Å²) in [6.07, 6.45) is 0. The summed E-state index contributed by atoms with van der Waals surface area (Å²) in [6, 6.07) is 55.1. The molecule has 0 aliphatic carbocycles. The fourth-order valence-electron chi connectivity index (χ4n) is 5.43. The third-order valence-corrected chi connectivity index (χ3v) is 7.40. The molecule has 0 atom stereocenters. The summed E-state index contributed by atoms with van der Waals surface area (Å²) in [5, 5.41) is 0. The average molecular weight is 547 g/mol. The van der Waals surface area contributed by atoms with Gasteiger partial charge in [0.05, 0.1) is 11.4 Å². The van der Waals surface area contributed by atoms with Crippen LogP contribution in [0, 0.1) is 0 Å². The van der Waals surface area contributed by atoms with Crippen molar-refractivity contribution in [1.82, 2.24) is 0 Å². The van der Waals surface area contributed by atoms with E-state index < -0.39 is 0 Å². The van der Waals surface area contributed by atoms with E-state index in [1.54, 1.807) is 0 Å². The summed E-state index contributed by atoms with van der Waals surface area (Å²) in [5.41, 5.74) is 22.9. The van der Waals surface area contributed by atoms with Crippen LogP contribution in [0.1, 0.15) is 11.1 Å². The van der Waals surface area contributed by atoms with Crippen LogP contribution >= 0.6 is 0 Å². The third kappa shape index (κ3) is 5.54. The van der Waals surface area contributed by atoms with Gasteiger partial charge in [-0.25, -0.2) is 0 Å². The molecular formula is C38H34N4. The van der Waals surface area contributed by atoms with Crippen molar-refractivity contribution in [3.05, 3.63) is 169 Å². The van der Waals surface area contributed by atoms with Crippen molar-refractivity contribution in [3.8, 4) is 11.1 Å². The second-order valence-corrected chi connectivity index (χ2v) is 10.1. The van der Waals surface area contributed by atoms with Gasteiger partial charge in [-0.1, -0.05) is 103 Å². The van der Waals surface area contributed by atoms with Crippen LogP contribution in [-0.2, 0) is 13.1 Å². The highest BCUT2D eigenvalue weighted by Gasteiger charge is 2.25. The van der Waals surface area contributed by atoms with E-state index in [9.17, 15) is 0 Å². The first-order valence-corrected chi connectivity index (χ1v) is 14.2. The van der Waals surface area contributed by atoms with Gasteiger partial charge in [-0.15, -0.1) is 0 Å². The van der Waals surface area contributed by atoms with Gasteiger partial charge >= 0.3 is 0 Å². The van der Waals surface area contributed by atoms with Crippen LogP contribution in [0.3, 0.4) is 0 Å². The first-order valence-electron chi connectivity index (χ1n) is 14.2. The molecule has 42 heavy (non-hydrogen) atoms. The number of anilines is 6. The molecule has 4 heteroatoms. The topological polar surface area (TPSA) is 58.5 Å². The van der Waals surface area contributed by atoms with E-state index >= 15 is 0 Å². The summed E-state index contributed by atoms with van der Waals surface area (Å²) >= 11 is 0. The number of nitrogens with zero attached hydrogens (tertiary/aromatic N) is 2. The average Bonchev–Trinajstić information content (AvgIpc) is 3.07. The summed E-state index contributed by atoms with van der Waals surface area (Å²) in [7, 11) is 0. The van der Waals surface area contributed by atoms with Gasteiger partial charge in [0.25, 0.3) is 0 Å². The van der Waals surface area contributed by atoms with Crippen LogP contribution in [0.2, 0.25) is 0 Å². The van der Waals surface area contributed by atoms with Crippen molar-refractivity contribution in [2.24, 2.45) is 11.5 Å². The number of nitrogens with two attached hydrogens (primary N) is 2. The van der Waals surface area contributed by atoms with Gasteiger partial charge in [0.1, 0.15) is 0 Å². The molecule has 0 unspecified atom stereocenters. The van der Waals surface area contributed by atoms with Gasteiger partial charge in [0.15, 0.2) is 0 Å². The second-order valence-electron chi connectivity index (χ2n) is 10.1. The van der Waals surface area contributed by atoms with Crippen molar-refractivity contribution in [2.45, 2.75) is 13.1 Å². The fourth-order valence-corrected chi connectivity index (χ4v) is 5.43. The molecule has 0 fully saturated rings. The number of para-hydroxylation sites is 3. The lowest BCUT2D eigenvalue weighted by Crippen LogP contribution is -2.18. The molecule has 6 aromatic rings. The monoisotopic (exact) mass is 546 g/mol. The minimum Gasteiger partial charge on any atom is -0.326 e. The Morgan fingerprint density at radius 3 is 1.40 bits per heavy atom. The molecule has 6 rings (SSSR count). The Bertz CT molecular complexity index is 1750. The van der Waals surface area contributed by atoms with Crippen LogP contribution in [0.4, 0.5) is 34.1 Å². The van der Waals surface area contributed by atoms with E-state index in [1.165, 1.54) is 0 Å². The highest BCUT2D eigenvalue weighted by atomic mass is 15.2. The van der Waals surface area contributed by atoms with Crippen LogP contribution in [0.25, 0.3) is 11.1 Å². The zero-order chi connectivity index (χ0) is 28.7. The van der Waals surface area contributed by atoms with Crippen molar-refractivity contribution >= 4 is 34.1 Å². The number of benzene rings is 6.